The van der Waals surface area contributed by atoms with Crippen LogP contribution in [0.3, 0.4) is 0 Å². The van der Waals surface area contributed by atoms with Gasteiger partial charge in [0.2, 0.25) is 6.29 Å². The Labute approximate surface area is 290 Å². The molecule has 0 aromatic heterocycles. The van der Waals surface area contributed by atoms with Gasteiger partial charge < -0.3 is 19.1 Å². The van der Waals surface area contributed by atoms with Crippen molar-refractivity contribution >= 4 is 17.9 Å². The van der Waals surface area contributed by atoms with E-state index in [2.05, 4.69) is 94.9 Å². The third-order valence-electron chi connectivity index (χ3n) is 9.21. The molecule has 1 unspecified atom stereocenters. The summed E-state index contributed by atoms with van der Waals surface area (Å²) in [5.74, 6) is 1.66. The van der Waals surface area contributed by atoms with E-state index in [0.29, 0.717) is 41.5 Å². The molecule has 0 spiro atoms. The lowest BCUT2D eigenvalue weighted by Gasteiger charge is -2.38. The van der Waals surface area contributed by atoms with Crippen LogP contribution in [-0.4, -0.2) is 74.7 Å². The van der Waals surface area contributed by atoms with Crippen molar-refractivity contribution < 1.29 is 23.8 Å². The second kappa shape index (κ2) is 20.3. The van der Waals surface area contributed by atoms with E-state index in [0.717, 1.165) is 18.0 Å². The standard InChI is InChI=1S/C28H49N3O5.C10H22.CH4/c1-20(2)22(5)18-34-25(21(3)4)36-27(33)31(11)24-14-12-23(13-15-24)19-35-26(32)29(9)16-17-30(10)28(6,7)8;1-8(9(2,3)4)10(5,6)7;/h12-15,20-22,25H,16-19H2,1-11H3;8H,1-7H3;1H4/t22-,25?;;/m1../s1. The highest BCUT2D eigenvalue weighted by Gasteiger charge is 2.30. The van der Waals surface area contributed by atoms with Gasteiger partial charge in [0.1, 0.15) is 6.61 Å². The van der Waals surface area contributed by atoms with Crippen LogP contribution in [0.15, 0.2) is 24.3 Å². The van der Waals surface area contributed by atoms with Crippen molar-refractivity contribution in [2.24, 2.45) is 34.5 Å². The van der Waals surface area contributed by atoms with Crippen molar-refractivity contribution in [2.75, 3.05) is 45.7 Å². The highest BCUT2D eigenvalue weighted by atomic mass is 16.7. The zero-order chi connectivity index (χ0) is 36.2. The van der Waals surface area contributed by atoms with Crippen LogP contribution in [0.2, 0.25) is 0 Å². The van der Waals surface area contributed by atoms with Gasteiger partial charge in [-0.05, 0) is 74.1 Å². The fourth-order valence-electron chi connectivity index (χ4n) is 4.18. The van der Waals surface area contributed by atoms with Gasteiger partial charge in [-0.25, -0.2) is 9.59 Å². The van der Waals surface area contributed by atoms with Crippen LogP contribution in [0.1, 0.15) is 117 Å². The molecule has 0 saturated heterocycles. The van der Waals surface area contributed by atoms with E-state index in [4.69, 9.17) is 14.2 Å². The number of hydrogen-bond acceptors (Lipinski definition) is 6. The van der Waals surface area contributed by atoms with E-state index in [1.165, 1.54) is 4.90 Å². The smallest absolute Gasteiger partial charge is 0.416 e. The molecule has 0 bridgehead atoms. The minimum absolute atomic E-state index is 0. The van der Waals surface area contributed by atoms with Gasteiger partial charge in [0, 0.05) is 44.3 Å². The monoisotopic (exact) mass is 666 g/mol. The van der Waals surface area contributed by atoms with Gasteiger partial charge in [-0.1, -0.05) is 103 Å². The van der Waals surface area contributed by atoms with E-state index in [1.807, 2.05) is 33.0 Å². The number of benzene rings is 1. The third-order valence-corrected chi connectivity index (χ3v) is 9.21. The lowest BCUT2D eigenvalue weighted by Crippen LogP contribution is -2.43. The molecule has 2 amide bonds. The number of ether oxygens (including phenoxy) is 3. The fraction of sp³-hybridized carbons (Fsp3) is 0.795. The average Bonchev–Trinajstić information content (AvgIpc) is 2.94. The van der Waals surface area contributed by atoms with Crippen molar-refractivity contribution in [2.45, 2.75) is 130 Å². The van der Waals surface area contributed by atoms with Gasteiger partial charge in [0.25, 0.3) is 0 Å². The Morgan fingerprint density at radius 2 is 1.21 bits per heavy atom. The normalized spacial score (nSPS) is 13.5. The number of hydrogen-bond donors (Lipinski definition) is 0. The van der Waals surface area contributed by atoms with Gasteiger partial charge in [-0.3, -0.25) is 9.80 Å². The summed E-state index contributed by atoms with van der Waals surface area (Å²) in [4.78, 5) is 30.3. The quantitative estimate of drug-likeness (QED) is 0.207. The van der Waals surface area contributed by atoms with E-state index >= 15 is 0 Å². The Kier molecular flexibility index (Phi) is 20.2. The first-order valence-electron chi connectivity index (χ1n) is 17.0. The molecule has 8 nitrogen and oxygen atoms in total. The third kappa shape index (κ3) is 18.1. The van der Waals surface area contributed by atoms with Crippen molar-refractivity contribution in [3.8, 4) is 0 Å². The average molecular weight is 666 g/mol. The molecule has 1 aromatic rings. The summed E-state index contributed by atoms with van der Waals surface area (Å²) in [6.45, 7) is 35.0. The molecule has 0 radical (unpaired) electrons. The molecule has 0 aliphatic carbocycles. The molecular formula is C39H75N3O5. The van der Waals surface area contributed by atoms with Crippen LogP contribution in [0.4, 0.5) is 15.3 Å². The SMILES string of the molecule is C.CC(C(C)(C)C)C(C)(C)C.CC(C)C(OC[C@@H](C)C(C)C)OC(=O)N(C)c1ccc(COC(=O)N(C)CCN(C)C(C)(C)C)cc1. The molecule has 0 aliphatic rings. The summed E-state index contributed by atoms with van der Waals surface area (Å²) in [5, 5.41) is 0. The molecule has 8 heteroatoms. The summed E-state index contributed by atoms with van der Waals surface area (Å²) >= 11 is 0. The largest absolute Gasteiger partial charge is 0.445 e. The molecular weight excluding hydrogens is 590 g/mol. The molecule has 0 saturated carbocycles. The highest BCUT2D eigenvalue weighted by molar-refractivity contribution is 5.87. The molecule has 2 atom stereocenters. The summed E-state index contributed by atoms with van der Waals surface area (Å²) < 4.78 is 17.0. The summed E-state index contributed by atoms with van der Waals surface area (Å²) in [6, 6.07) is 7.28. The van der Waals surface area contributed by atoms with E-state index in [9.17, 15) is 9.59 Å². The van der Waals surface area contributed by atoms with Crippen LogP contribution in [-0.2, 0) is 20.8 Å². The first-order valence-corrected chi connectivity index (χ1v) is 17.0. The van der Waals surface area contributed by atoms with Crippen LogP contribution < -0.4 is 4.90 Å². The summed E-state index contributed by atoms with van der Waals surface area (Å²) in [6.07, 6.45) is -1.46. The maximum atomic E-state index is 12.7. The number of likely N-dealkylation sites (N-methyl/N-ethyl adjacent to an activating group) is 2. The first kappa shape index (κ1) is 46.8. The Bertz CT molecular complexity index is 1010. The van der Waals surface area contributed by atoms with Gasteiger partial charge in [0.05, 0.1) is 6.61 Å². The van der Waals surface area contributed by atoms with Gasteiger partial charge in [-0.15, -0.1) is 0 Å². The van der Waals surface area contributed by atoms with Gasteiger partial charge >= 0.3 is 12.2 Å². The number of amides is 2. The minimum Gasteiger partial charge on any atom is -0.445 e. The minimum atomic E-state index is -0.611. The molecule has 0 N–H and O–H groups in total. The van der Waals surface area contributed by atoms with Gasteiger partial charge in [0.15, 0.2) is 0 Å². The Morgan fingerprint density at radius 1 is 0.723 bits per heavy atom. The first-order chi connectivity index (χ1) is 20.8. The zero-order valence-corrected chi connectivity index (χ0v) is 32.9. The van der Waals surface area contributed by atoms with Crippen LogP contribution in [0.25, 0.3) is 0 Å². The Balaban J connectivity index is 0. The molecule has 1 rings (SSSR count). The lowest BCUT2D eigenvalue weighted by molar-refractivity contribution is -0.137. The van der Waals surface area contributed by atoms with E-state index in [1.54, 1.807) is 31.1 Å². The predicted molar refractivity (Wildman–Crippen MR) is 200 cm³/mol. The van der Waals surface area contributed by atoms with Crippen molar-refractivity contribution in [1.29, 1.82) is 0 Å². The number of nitrogens with zero attached hydrogens (tertiary/aromatic N) is 3. The van der Waals surface area contributed by atoms with E-state index < -0.39 is 12.4 Å². The second-order valence-electron chi connectivity index (χ2n) is 16.8. The van der Waals surface area contributed by atoms with Crippen molar-refractivity contribution in [1.82, 2.24) is 9.80 Å². The fourth-order valence-corrected chi connectivity index (χ4v) is 4.18. The van der Waals surface area contributed by atoms with Gasteiger partial charge in [-0.2, -0.15) is 0 Å². The molecule has 0 heterocycles. The van der Waals surface area contributed by atoms with Crippen LogP contribution in [0.5, 0.6) is 0 Å². The molecule has 1 aromatic carbocycles. The van der Waals surface area contributed by atoms with Crippen LogP contribution >= 0.6 is 0 Å². The van der Waals surface area contributed by atoms with Crippen LogP contribution in [0, 0.1) is 34.5 Å². The molecule has 47 heavy (non-hydrogen) atoms. The highest BCUT2D eigenvalue weighted by Crippen LogP contribution is 2.39. The lowest BCUT2D eigenvalue weighted by atomic mass is 9.68. The molecule has 276 valence electrons. The van der Waals surface area contributed by atoms with E-state index in [-0.39, 0.29) is 31.6 Å². The zero-order valence-electron chi connectivity index (χ0n) is 32.9. The number of carbonyl (C=O) groups excluding carboxylic acids is 2. The Morgan fingerprint density at radius 3 is 1.60 bits per heavy atom. The topological polar surface area (TPSA) is 71.5 Å². The molecule has 0 fully saturated rings. The second-order valence-corrected chi connectivity index (χ2v) is 16.8. The summed E-state index contributed by atoms with van der Waals surface area (Å²) in [7, 11) is 5.44. The van der Waals surface area contributed by atoms with Crippen molar-refractivity contribution in [3.63, 3.8) is 0 Å². The number of carbonyl (C=O) groups is 2. The van der Waals surface area contributed by atoms with Crippen molar-refractivity contribution in [3.05, 3.63) is 29.8 Å². The molecule has 0 aliphatic heterocycles. The number of anilines is 1. The number of rotatable bonds is 12. The summed E-state index contributed by atoms with van der Waals surface area (Å²) in [5.41, 5.74) is 2.44. The Hall–Kier alpha value is -2.32. The maximum Gasteiger partial charge on any atom is 0.416 e. The predicted octanol–water partition coefficient (Wildman–Crippen LogP) is 10.2. The maximum absolute atomic E-state index is 12.7.